The molecule has 0 radical (unpaired) electrons. The largest absolute Gasteiger partial charge is 0.481 e. The molecule has 0 heterocycles. The molecular formula is C12H20N2O5S. The van der Waals surface area contributed by atoms with Crippen molar-refractivity contribution in [2.24, 2.45) is 0 Å². The second kappa shape index (κ2) is 7.98. The summed E-state index contributed by atoms with van der Waals surface area (Å²) in [5, 5.41) is 22.9. The number of carbonyl (C=O) groups is 3. The van der Waals surface area contributed by atoms with E-state index in [4.69, 9.17) is 10.2 Å². The molecule has 1 aliphatic rings. The molecule has 0 bridgehead atoms. The van der Waals surface area contributed by atoms with E-state index in [0.717, 1.165) is 19.3 Å². The van der Waals surface area contributed by atoms with Crippen molar-refractivity contribution in [3.05, 3.63) is 0 Å². The van der Waals surface area contributed by atoms with Crippen molar-refractivity contribution in [3.8, 4) is 0 Å². The van der Waals surface area contributed by atoms with Crippen LogP contribution in [0.5, 0.6) is 0 Å². The van der Waals surface area contributed by atoms with E-state index < -0.39 is 24.0 Å². The lowest BCUT2D eigenvalue weighted by molar-refractivity contribution is -0.140. The fourth-order valence-corrected chi connectivity index (χ4v) is 3.20. The van der Waals surface area contributed by atoms with Gasteiger partial charge < -0.3 is 20.8 Å². The zero-order valence-electron chi connectivity index (χ0n) is 11.3. The average Bonchev–Trinajstić information content (AvgIpc) is 2.80. The molecule has 2 unspecified atom stereocenters. The van der Waals surface area contributed by atoms with Crippen molar-refractivity contribution in [1.82, 2.24) is 10.6 Å². The Labute approximate surface area is 121 Å². The van der Waals surface area contributed by atoms with Gasteiger partial charge in [-0.15, -0.1) is 0 Å². The van der Waals surface area contributed by atoms with Crippen molar-refractivity contribution in [2.45, 2.75) is 49.4 Å². The maximum atomic E-state index is 11.8. The van der Waals surface area contributed by atoms with Crippen LogP contribution >= 0.6 is 11.8 Å². The second-order valence-corrected chi connectivity index (χ2v) is 5.83. The molecule has 3 atom stereocenters. The number of nitrogens with one attached hydrogen (secondary N) is 2. The lowest BCUT2D eigenvalue weighted by Crippen LogP contribution is -2.50. The van der Waals surface area contributed by atoms with Gasteiger partial charge in [-0.3, -0.25) is 4.79 Å². The number of carboxylic acids is 2. The van der Waals surface area contributed by atoms with Gasteiger partial charge in [0, 0.05) is 17.7 Å². The Balaban J connectivity index is 2.45. The summed E-state index contributed by atoms with van der Waals surface area (Å²) < 4.78 is 0. The molecule has 20 heavy (non-hydrogen) atoms. The highest BCUT2D eigenvalue weighted by Gasteiger charge is 2.29. The van der Waals surface area contributed by atoms with E-state index in [9.17, 15) is 14.4 Å². The summed E-state index contributed by atoms with van der Waals surface area (Å²) in [7, 11) is 0. The Morgan fingerprint density at radius 2 is 2.00 bits per heavy atom. The van der Waals surface area contributed by atoms with Crippen molar-refractivity contribution in [1.29, 1.82) is 0 Å². The quantitative estimate of drug-likeness (QED) is 0.555. The van der Waals surface area contributed by atoms with E-state index >= 15 is 0 Å². The van der Waals surface area contributed by atoms with Crippen LogP contribution < -0.4 is 10.6 Å². The summed E-state index contributed by atoms with van der Waals surface area (Å²) in [5.41, 5.74) is 0. The van der Waals surface area contributed by atoms with Crippen LogP contribution in [-0.4, -0.2) is 51.8 Å². The molecule has 0 saturated heterocycles. The fraction of sp³-hybridized carbons (Fsp3) is 0.750. The van der Waals surface area contributed by atoms with E-state index in [1.807, 2.05) is 6.26 Å². The van der Waals surface area contributed by atoms with Gasteiger partial charge in [-0.05, 0) is 25.5 Å². The number of hydrogen-bond acceptors (Lipinski definition) is 4. The highest BCUT2D eigenvalue weighted by molar-refractivity contribution is 7.99. The van der Waals surface area contributed by atoms with Gasteiger partial charge in [-0.2, -0.15) is 11.8 Å². The number of carbonyl (C=O) groups excluding carboxylic acids is 1. The van der Waals surface area contributed by atoms with Gasteiger partial charge in [0.2, 0.25) is 0 Å². The first kappa shape index (κ1) is 16.6. The summed E-state index contributed by atoms with van der Waals surface area (Å²) in [5.74, 6) is -2.31. The number of urea groups is 1. The van der Waals surface area contributed by atoms with Crippen LogP contribution in [0.4, 0.5) is 4.79 Å². The molecule has 4 N–H and O–H groups in total. The van der Waals surface area contributed by atoms with E-state index in [1.54, 1.807) is 11.8 Å². The Morgan fingerprint density at radius 1 is 1.30 bits per heavy atom. The molecule has 1 saturated carbocycles. The van der Waals surface area contributed by atoms with Crippen molar-refractivity contribution >= 4 is 29.7 Å². The van der Waals surface area contributed by atoms with Crippen molar-refractivity contribution in [2.75, 3.05) is 6.26 Å². The van der Waals surface area contributed by atoms with Crippen LogP contribution in [0.2, 0.25) is 0 Å². The standard InChI is InChI=1S/C12H20N2O5S/c1-20-9-4-2-3-7(9)13-12(19)14-8(11(17)18)5-6-10(15)16/h7-9H,2-6H2,1H3,(H,15,16)(H,17,18)(H2,13,14,19)/t7?,8-,9?/m0/s1. The van der Waals surface area contributed by atoms with Gasteiger partial charge >= 0.3 is 18.0 Å². The Morgan fingerprint density at radius 3 is 2.55 bits per heavy atom. The van der Waals surface area contributed by atoms with Crippen molar-refractivity contribution in [3.63, 3.8) is 0 Å². The van der Waals surface area contributed by atoms with E-state index in [-0.39, 0.29) is 18.9 Å². The lowest BCUT2D eigenvalue weighted by Gasteiger charge is -2.21. The van der Waals surface area contributed by atoms with Crippen LogP contribution in [0.3, 0.4) is 0 Å². The third kappa shape index (κ3) is 5.28. The summed E-state index contributed by atoms with van der Waals surface area (Å²) in [6, 6.07) is -1.69. The number of hydrogen-bond donors (Lipinski definition) is 4. The molecule has 2 amide bonds. The second-order valence-electron chi connectivity index (χ2n) is 4.75. The predicted octanol–water partition coefficient (Wildman–Crippen LogP) is 0.888. The smallest absolute Gasteiger partial charge is 0.326 e. The number of amides is 2. The van der Waals surface area contributed by atoms with Crippen LogP contribution in [0.25, 0.3) is 0 Å². The number of thioether (sulfide) groups is 1. The Bertz CT molecular complexity index is 377. The normalized spacial score (nSPS) is 23.1. The zero-order valence-corrected chi connectivity index (χ0v) is 12.1. The van der Waals surface area contributed by atoms with Crippen LogP contribution in [0, 0.1) is 0 Å². The van der Waals surface area contributed by atoms with Gasteiger partial charge in [0.1, 0.15) is 6.04 Å². The highest BCUT2D eigenvalue weighted by atomic mass is 32.2. The fourth-order valence-electron chi connectivity index (χ4n) is 2.27. The molecule has 1 rings (SSSR count). The molecule has 0 spiro atoms. The summed E-state index contributed by atoms with van der Waals surface area (Å²) in [6.07, 6.45) is 4.51. The molecule has 0 aromatic rings. The summed E-state index contributed by atoms with van der Waals surface area (Å²) >= 11 is 1.69. The maximum absolute atomic E-state index is 11.8. The van der Waals surface area contributed by atoms with E-state index in [2.05, 4.69) is 10.6 Å². The highest BCUT2D eigenvalue weighted by Crippen LogP contribution is 2.28. The summed E-state index contributed by atoms with van der Waals surface area (Å²) in [6.45, 7) is 0. The predicted molar refractivity (Wildman–Crippen MR) is 74.9 cm³/mol. The first-order valence-electron chi connectivity index (χ1n) is 6.48. The molecule has 8 heteroatoms. The third-order valence-corrected chi connectivity index (χ3v) is 4.49. The van der Waals surface area contributed by atoms with Crippen molar-refractivity contribution < 1.29 is 24.6 Å². The number of carboxylic acid groups (broad SMARTS) is 2. The molecule has 1 fully saturated rings. The lowest BCUT2D eigenvalue weighted by atomic mass is 10.1. The molecule has 7 nitrogen and oxygen atoms in total. The molecule has 0 aromatic heterocycles. The number of aliphatic carboxylic acids is 2. The first-order valence-corrected chi connectivity index (χ1v) is 7.77. The topological polar surface area (TPSA) is 116 Å². The van der Waals surface area contributed by atoms with Crippen LogP contribution in [-0.2, 0) is 9.59 Å². The van der Waals surface area contributed by atoms with Gasteiger partial charge in [0.15, 0.2) is 0 Å². The van der Waals surface area contributed by atoms with Gasteiger partial charge in [0.05, 0.1) is 0 Å². The summed E-state index contributed by atoms with van der Waals surface area (Å²) in [4.78, 5) is 33.2. The minimum Gasteiger partial charge on any atom is -0.481 e. The SMILES string of the molecule is CSC1CCCC1NC(=O)N[C@@H](CCC(=O)O)C(=O)O. The monoisotopic (exact) mass is 304 g/mol. The van der Waals surface area contributed by atoms with E-state index in [1.165, 1.54) is 0 Å². The van der Waals surface area contributed by atoms with Gasteiger partial charge in [-0.25, -0.2) is 9.59 Å². The number of rotatable bonds is 7. The molecule has 0 aromatic carbocycles. The van der Waals surface area contributed by atoms with Gasteiger partial charge in [0.25, 0.3) is 0 Å². The molecule has 0 aliphatic heterocycles. The first-order chi connectivity index (χ1) is 9.43. The van der Waals surface area contributed by atoms with E-state index in [0.29, 0.717) is 5.25 Å². The molecular weight excluding hydrogens is 284 g/mol. The average molecular weight is 304 g/mol. The Hall–Kier alpha value is -1.44. The molecule has 114 valence electrons. The zero-order chi connectivity index (χ0) is 15.1. The maximum Gasteiger partial charge on any atom is 0.326 e. The van der Waals surface area contributed by atoms with Crippen LogP contribution in [0.1, 0.15) is 32.1 Å². The molecule has 1 aliphatic carbocycles. The van der Waals surface area contributed by atoms with Crippen LogP contribution in [0.15, 0.2) is 0 Å². The van der Waals surface area contributed by atoms with Gasteiger partial charge in [-0.1, -0.05) is 6.42 Å². The minimum absolute atomic E-state index is 0.0407. The minimum atomic E-state index is -1.23. The Kier molecular flexibility index (Phi) is 6.63. The third-order valence-electron chi connectivity index (χ3n) is 3.32.